The largest absolute Gasteiger partial charge is 0.484 e. The Bertz CT molecular complexity index is 527. The fraction of sp³-hybridized carbons (Fsp3) is 0.500. The first-order valence-electron chi connectivity index (χ1n) is 7.15. The lowest BCUT2D eigenvalue weighted by atomic mass is 10.1. The summed E-state index contributed by atoms with van der Waals surface area (Å²) in [7, 11) is 2.98. The molecule has 21 heavy (non-hydrogen) atoms. The molecule has 1 aromatic carbocycles. The number of nitrogens with zero attached hydrogens (tertiary/aromatic N) is 1. The second-order valence-corrected chi connectivity index (χ2v) is 5.21. The summed E-state index contributed by atoms with van der Waals surface area (Å²) >= 11 is 0. The Kier molecular flexibility index (Phi) is 5.20. The maximum Gasteiger partial charge on any atom is 0.307 e. The molecule has 0 bridgehead atoms. The van der Waals surface area contributed by atoms with Gasteiger partial charge in [0.25, 0.3) is 5.91 Å². The van der Waals surface area contributed by atoms with Crippen molar-refractivity contribution in [3.63, 3.8) is 0 Å². The number of rotatable bonds is 6. The van der Waals surface area contributed by atoms with Gasteiger partial charge in [0.1, 0.15) is 5.75 Å². The fourth-order valence-electron chi connectivity index (χ4n) is 2.38. The minimum Gasteiger partial charge on any atom is -0.484 e. The Morgan fingerprint density at radius 1 is 1.24 bits per heavy atom. The molecule has 0 heterocycles. The van der Waals surface area contributed by atoms with Crippen LogP contribution in [0.25, 0.3) is 0 Å². The third-order valence-corrected chi connectivity index (χ3v) is 3.74. The summed E-state index contributed by atoms with van der Waals surface area (Å²) in [5.41, 5.74) is 2.70. The number of methoxy groups -OCH3 is 1. The summed E-state index contributed by atoms with van der Waals surface area (Å²) in [6.45, 7) is 0.315. The Morgan fingerprint density at radius 3 is 2.76 bits per heavy atom. The molecule has 0 atom stereocenters. The Hall–Kier alpha value is -2.04. The van der Waals surface area contributed by atoms with Crippen molar-refractivity contribution in [1.29, 1.82) is 0 Å². The fourth-order valence-corrected chi connectivity index (χ4v) is 2.38. The van der Waals surface area contributed by atoms with E-state index in [4.69, 9.17) is 4.74 Å². The molecule has 0 spiro atoms. The molecule has 5 nitrogen and oxygen atoms in total. The molecular formula is C16H21NO4. The number of carbonyl (C=O) groups is 2. The molecule has 2 rings (SSSR count). The van der Waals surface area contributed by atoms with Gasteiger partial charge in [-0.3, -0.25) is 9.59 Å². The van der Waals surface area contributed by atoms with Gasteiger partial charge in [0, 0.05) is 13.6 Å². The number of carbonyl (C=O) groups excluding carboxylic acids is 2. The highest BCUT2D eigenvalue weighted by Crippen LogP contribution is 2.25. The predicted octanol–water partition coefficient (Wildman–Crippen LogP) is 1.58. The number of esters is 1. The van der Waals surface area contributed by atoms with Crippen LogP contribution in [0.15, 0.2) is 18.2 Å². The van der Waals surface area contributed by atoms with Gasteiger partial charge in [-0.2, -0.15) is 0 Å². The molecule has 0 radical (unpaired) electrons. The first-order valence-corrected chi connectivity index (χ1v) is 7.15. The average molecular weight is 291 g/mol. The van der Waals surface area contributed by atoms with Crippen molar-refractivity contribution in [3.05, 3.63) is 29.3 Å². The lowest BCUT2D eigenvalue weighted by Gasteiger charge is -2.17. The van der Waals surface area contributed by atoms with Crippen molar-refractivity contribution < 1.29 is 19.1 Å². The van der Waals surface area contributed by atoms with E-state index >= 15 is 0 Å². The van der Waals surface area contributed by atoms with Crippen LogP contribution in [0, 0.1) is 0 Å². The minimum atomic E-state index is -0.325. The van der Waals surface area contributed by atoms with Crippen LogP contribution in [0.5, 0.6) is 5.75 Å². The van der Waals surface area contributed by atoms with Gasteiger partial charge < -0.3 is 14.4 Å². The molecule has 1 aliphatic carbocycles. The quantitative estimate of drug-likeness (QED) is 0.747. The summed E-state index contributed by atoms with van der Waals surface area (Å²) in [6.07, 6.45) is 3.59. The van der Waals surface area contributed by atoms with E-state index in [1.54, 1.807) is 7.05 Å². The Morgan fingerprint density at radius 2 is 2.00 bits per heavy atom. The van der Waals surface area contributed by atoms with E-state index in [-0.39, 0.29) is 24.9 Å². The molecule has 114 valence electrons. The highest BCUT2D eigenvalue weighted by molar-refractivity contribution is 5.78. The van der Waals surface area contributed by atoms with Gasteiger partial charge in [0.15, 0.2) is 6.61 Å². The molecule has 1 aliphatic rings. The predicted molar refractivity (Wildman–Crippen MR) is 78.2 cm³/mol. The van der Waals surface area contributed by atoms with Gasteiger partial charge >= 0.3 is 5.97 Å². The molecule has 0 aliphatic heterocycles. The highest BCUT2D eigenvalue weighted by Gasteiger charge is 2.14. The molecule has 0 N–H and O–H groups in total. The number of benzene rings is 1. The van der Waals surface area contributed by atoms with E-state index in [9.17, 15) is 9.59 Å². The third-order valence-electron chi connectivity index (χ3n) is 3.74. The first-order chi connectivity index (χ1) is 10.1. The van der Waals surface area contributed by atoms with E-state index < -0.39 is 0 Å². The molecule has 0 saturated heterocycles. The van der Waals surface area contributed by atoms with Crippen LogP contribution >= 0.6 is 0 Å². The number of aryl methyl sites for hydroxylation is 2. The maximum absolute atomic E-state index is 11.9. The van der Waals surface area contributed by atoms with E-state index in [0.717, 1.165) is 18.6 Å². The number of ether oxygens (including phenoxy) is 2. The van der Waals surface area contributed by atoms with E-state index in [1.165, 1.54) is 29.6 Å². The van der Waals surface area contributed by atoms with Crippen LogP contribution in [0.3, 0.4) is 0 Å². The Labute approximate surface area is 124 Å². The van der Waals surface area contributed by atoms with Gasteiger partial charge in [-0.25, -0.2) is 0 Å². The zero-order valence-electron chi connectivity index (χ0n) is 12.6. The van der Waals surface area contributed by atoms with Gasteiger partial charge in [0.2, 0.25) is 0 Å². The van der Waals surface area contributed by atoms with E-state index in [0.29, 0.717) is 6.54 Å². The molecule has 0 saturated carbocycles. The van der Waals surface area contributed by atoms with Crippen molar-refractivity contribution in [3.8, 4) is 5.75 Å². The van der Waals surface area contributed by atoms with Crippen LogP contribution in [0.4, 0.5) is 0 Å². The summed E-state index contributed by atoms with van der Waals surface area (Å²) < 4.78 is 10.1. The second kappa shape index (κ2) is 7.11. The third kappa shape index (κ3) is 4.21. The zero-order valence-corrected chi connectivity index (χ0v) is 12.6. The van der Waals surface area contributed by atoms with Crippen LogP contribution in [-0.4, -0.2) is 44.1 Å². The van der Waals surface area contributed by atoms with Crippen LogP contribution < -0.4 is 4.74 Å². The lowest BCUT2D eigenvalue weighted by molar-refractivity contribution is -0.141. The molecule has 0 fully saturated rings. The molecule has 0 aromatic heterocycles. The highest BCUT2D eigenvalue weighted by atomic mass is 16.5. The van der Waals surface area contributed by atoms with Gasteiger partial charge in [-0.1, -0.05) is 6.07 Å². The number of hydrogen-bond donors (Lipinski definition) is 0. The SMILES string of the molecule is COC(=O)CCN(C)C(=O)COc1ccc2c(c1)CCC2. The van der Waals surface area contributed by atoms with E-state index in [1.807, 2.05) is 12.1 Å². The molecular weight excluding hydrogens is 270 g/mol. The Balaban J connectivity index is 1.79. The van der Waals surface area contributed by atoms with Crippen molar-refractivity contribution in [2.24, 2.45) is 0 Å². The standard InChI is InChI=1S/C16H21NO4/c1-17(9-8-16(19)20-2)15(18)11-21-14-7-6-12-4-3-5-13(12)10-14/h6-7,10H,3-5,8-9,11H2,1-2H3. The van der Waals surface area contributed by atoms with Crippen molar-refractivity contribution in [1.82, 2.24) is 4.90 Å². The van der Waals surface area contributed by atoms with Crippen LogP contribution in [0.2, 0.25) is 0 Å². The maximum atomic E-state index is 11.9. The number of fused-ring (bicyclic) bond motifs is 1. The number of amides is 1. The van der Waals surface area contributed by atoms with Crippen LogP contribution in [0.1, 0.15) is 24.0 Å². The normalized spacial score (nSPS) is 12.7. The minimum absolute atomic E-state index is 0.0174. The summed E-state index contributed by atoms with van der Waals surface area (Å²) in [6, 6.07) is 6.00. The van der Waals surface area contributed by atoms with Gasteiger partial charge in [-0.05, 0) is 42.5 Å². The second-order valence-electron chi connectivity index (χ2n) is 5.21. The summed E-state index contributed by atoms with van der Waals surface area (Å²) in [5.74, 6) is 0.249. The van der Waals surface area contributed by atoms with E-state index in [2.05, 4.69) is 10.8 Å². The lowest BCUT2D eigenvalue weighted by Crippen LogP contribution is -2.33. The van der Waals surface area contributed by atoms with Crippen molar-refractivity contribution in [2.75, 3.05) is 27.3 Å². The molecule has 1 amide bonds. The topological polar surface area (TPSA) is 55.8 Å². The van der Waals surface area contributed by atoms with Gasteiger partial charge in [-0.15, -0.1) is 0 Å². The number of likely N-dealkylation sites (N-methyl/N-ethyl adjacent to an activating group) is 1. The smallest absolute Gasteiger partial charge is 0.307 e. The van der Waals surface area contributed by atoms with Gasteiger partial charge in [0.05, 0.1) is 13.5 Å². The summed E-state index contributed by atoms with van der Waals surface area (Å²) in [4.78, 5) is 24.4. The first kappa shape index (κ1) is 15.4. The van der Waals surface area contributed by atoms with Crippen molar-refractivity contribution >= 4 is 11.9 Å². The summed E-state index contributed by atoms with van der Waals surface area (Å²) in [5, 5.41) is 0. The molecule has 0 unspecified atom stereocenters. The molecule has 5 heteroatoms. The zero-order chi connectivity index (χ0) is 15.2. The molecule has 1 aromatic rings. The monoisotopic (exact) mass is 291 g/mol. The van der Waals surface area contributed by atoms with Crippen LogP contribution in [-0.2, 0) is 27.2 Å². The van der Waals surface area contributed by atoms with Crippen molar-refractivity contribution in [2.45, 2.75) is 25.7 Å². The average Bonchev–Trinajstić information content (AvgIpc) is 2.97. The number of hydrogen-bond acceptors (Lipinski definition) is 4.